The van der Waals surface area contributed by atoms with Crippen molar-refractivity contribution >= 4 is 11.8 Å². The van der Waals surface area contributed by atoms with Crippen LogP contribution in [0, 0.1) is 56.7 Å². The zero-order valence-corrected chi connectivity index (χ0v) is 22.7. The number of carbonyl (C=O) groups is 2. The standard InChI is InChI=1S/C30H46O5/c1-16(2)18-14-20(32)24-29(7)11-8-17-23(28(29,6)12-13-30(18,24)25(34)35)19(31)15-21-26(3,4)22(33)9-10-27(17,21)5/h8,16,18-21,23-24,31-32H,9-15H2,1-7H3,(H,34,35)/t18-,19-,20+,21+,23-,24+,27+,28-,29+,30+/m0/s1. The third-order valence-corrected chi connectivity index (χ3v) is 12.9. The summed E-state index contributed by atoms with van der Waals surface area (Å²) < 4.78 is 0. The van der Waals surface area contributed by atoms with Crippen molar-refractivity contribution < 1.29 is 24.9 Å². The van der Waals surface area contributed by atoms with E-state index >= 15 is 0 Å². The number of hydrogen-bond acceptors (Lipinski definition) is 4. The molecule has 0 aliphatic heterocycles. The lowest BCUT2D eigenvalue weighted by Gasteiger charge is -2.69. The topological polar surface area (TPSA) is 94.8 Å². The Morgan fingerprint density at radius 3 is 2.23 bits per heavy atom. The number of hydrogen-bond donors (Lipinski definition) is 3. The Balaban J connectivity index is 1.65. The molecule has 0 bridgehead atoms. The largest absolute Gasteiger partial charge is 0.481 e. The van der Waals surface area contributed by atoms with Crippen LogP contribution in [0.1, 0.15) is 93.4 Å². The summed E-state index contributed by atoms with van der Waals surface area (Å²) in [7, 11) is 0. The van der Waals surface area contributed by atoms with Crippen molar-refractivity contribution in [1.29, 1.82) is 0 Å². The highest BCUT2D eigenvalue weighted by molar-refractivity contribution is 5.86. The monoisotopic (exact) mass is 486 g/mol. The van der Waals surface area contributed by atoms with Gasteiger partial charge in [-0.1, -0.05) is 60.1 Å². The summed E-state index contributed by atoms with van der Waals surface area (Å²) in [6.45, 7) is 15.1. The summed E-state index contributed by atoms with van der Waals surface area (Å²) in [6.07, 6.45) is 5.68. The number of carboxylic acid groups (broad SMARTS) is 1. The minimum Gasteiger partial charge on any atom is -0.481 e. The lowest BCUT2D eigenvalue weighted by Crippen LogP contribution is -2.67. The Morgan fingerprint density at radius 1 is 0.971 bits per heavy atom. The molecular formula is C30H46O5. The van der Waals surface area contributed by atoms with Gasteiger partial charge in [0.25, 0.3) is 0 Å². The van der Waals surface area contributed by atoms with Crippen molar-refractivity contribution in [2.75, 3.05) is 0 Å². The Bertz CT molecular complexity index is 981. The summed E-state index contributed by atoms with van der Waals surface area (Å²) in [4.78, 5) is 25.9. The average molecular weight is 487 g/mol. The molecule has 3 N–H and O–H groups in total. The van der Waals surface area contributed by atoms with Gasteiger partial charge in [0.05, 0.1) is 17.6 Å². The molecule has 0 radical (unpaired) electrons. The smallest absolute Gasteiger partial charge is 0.310 e. The Morgan fingerprint density at radius 2 is 1.63 bits per heavy atom. The Kier molecular flexibility index (Phi) is 5.40. The van der Waals surface area contributed by atoms with Crippen LogP contribution < -0.4 is 0 Å². The Hall–Kier alpha value is -1.20. The van der Waals surface area contributed by atoms with Gasteiger partial charge < -0.3 is 15.3 Å². The van der Waals surface area contributed by atoms with Crippen molar-refractivity contribution in [2.45, 2.75) is 106 Å². The molecule has 0 unspecified atom stereocenters. The molecule has 5 aliphatic rings. The van der Waals surface area contributed by atoms with E-state index in [1.54, 1.807) is 0 Å². The van der Waals surface area contributed by atoms with Crippen molar-refractivity contribution in [1.82, 2.24) is 0 Å². The zero-order valence-electron chi connectivity index (χ0n) is 22.7. The van der Waals surface area contributed by atoms with Crippen LogP contribution >= 0.6 is 0 Å². The highest BCUT2D eigenvalue weighted by atomic mass is 16.4. The van der Waals surface area contributed by atoms with E-state index in [0.717, 1.165) is 19.3 Å². The number of aliphatic carboxylic acids is 1. The maximum atomic E-state index is 13.0. The third kappa shape index (κ3) is 2.83. The van der Waals surface area contributed by atoms with Crippen LogP contribution in [0.5, 0.6) is 0 Å². The second-order valence-electron chi connectivity index (χ2n) is 14.6. The molecule has 5 aliphatic carbocycles. The summed E-state index contributed by atoms with van der Waals surface area (Å²) in [5.74, 6) is -0.603. The molecule has 4 fully saturated rings. The van der Waals surface area contributed by atoms with E-state index in [2.05, 4.69) is 54.5 Å². The molecule has 5 rings (SSSR count). The second-order valence-corrected chi connectivity index (χ2v) is 14.6. The van der Waals surface area contributed by atoms with Crippen LogP contribution in [0.15, 0.2) is 11.6 Å². The number of aliphatic hydroxyl groups is 2. The summed E-state index contributed by atoms with van der Waals surface area (Å²) >= 11 is 0. The number of rotatable bonds is 2. The van der Waals surface area contributed by atoms with Gasteiger partial charge in [0, 0.05) is 23.7 Å². The fourth-order valence-electron chi connectivity index (χ4n) is 10.9. The molecule has 0 heterocycles. The normalized spacial score (nSPS) is 52.7. The van der Waals surface area contributed by atoms with Gasteiger partial charge in [-0.25, -0.2) is 0 Å². The maximum Gasteiger partial charge on any atom is 0.310 e. The highest BCUT2D eigenvalue weighted by Gasteiger charge is 2.74. The summed E-state index contributed by atoms with van der Waals surface area (Å²) in [6, 6.07) is 0. The van der Waals surface area contributed by atoms with Crippen LogP contribution in [-0.2, 0) is 9.59 Å². The summed E-state index contributed by atoms with van der Waals surface area (Å²) in [5.41, 5.74) is -0.950. The van der Waals surface area contributed by atoms with Gasteiger partial charge in [0.1, 0.15) is 5.78 Å². The molecular weight excluding hydrogens is 440 g/mol. The third-order valence-electron chi connectivity index (χ3n) is 12.9. The van der Waals surface area contributed by atoms with E-state index in [4.69, 9.17) is 0 Å². The Labute approximate surface area is 210 Å². The molecule has 0 spiro atoms. The van der Waals surface area contributed by atoms with Crippen LogP contribution in [0.4, 0.5) is 0 Å². The highest BCUT2D eigenvalue weighted by Crippen LogP contribution is 2.76. The molecule has 0 aromatic heterocycles. The van der Waals surface area contributed by atoms with Crippen LogP contribution in [-0.4, -0.2) is 39.3 Å². The van der Waals surface area contributed by atoms with Gasteiger partial charge in [-0.2, -0.15) is 0 Å². The van der Waals surface area contributed by atoms with Gasteiger partial charge in [-0.3, -0.25) is 9.59 Å². The van der Waals surface area contributed by atoms with Gasteiger partial charge >= 0.3 is 5.97 Å². The first-order chi connectivity index (χ1) is 16.1. The number of carbonyl (C=O) groups excluding carboxylic acids is 1. The number of ketones is 1. The number of aliphatic hydroxyl groups excluding tert-OH is 2. The summed E-state index contributed by atoms with van der Waals surface area (Å²) in [5, 5.41) is 34.0. The maximum absolute atomic E-state index is 13.0. The first kappa shape index (κ1) is 25.4. The van der Waals surface area contributed by atoms with Gasteiger partial charge in [-0.05, 0) is 72.5 Å². The van der Waals surface area contributed by atoms with E-state index in [1.165, 1.54) is 5.57 Å². The fraction of sp³-hybridized carbons (Fsp3) is 0.867. The molecule has 0 aromatic rings. The zero-order chi connectivity index (χ0) is 25.9. The van der Waals surface area contributed by atoms with Gasteiger partial charge in [0.15, 0.2) is 0 Å². The molecule has 4 saturated carbocycles. The predicted octanol–water partition coefficient (Wildman–Crippen LogP) is 5.24. The van der Waals surface area contributed by atoms with Crippen molar-refractivity contribution in [3.8, 4) is 0 Å². The minimum atomic E-state index is -0.918. The second kappa shape index (κ2) is 7.43. The number of fused-ring (bicyclic) bond motifs is 7. The lowest BCUT2D eigenvalue weighted by atomic mass is 9.35. The molecule has 0 aromatic carbocycles. The van der Waals surface area contributed by atoms with E-state index in [0.29, 0.717) is 31.5 Å². The molecule has 5 heteroatoms. The average Bonchev–Trinajstić information content (AvgIpc) is 3.09. The molecule has 5 nitrogen and oxygen atoms in total. The van der Waals surface area contributed by atoms with Crippen LogP contribution in [0.2, 0.25) is 0 Å². The van der Waals surface area contributed by atoms with E-state index in [1.807, 2.05) is 0 Å². The molecule has 35 heavy (non-hydrogen) atoms. The quantitative estimate of drug-likeness (QED) is 0.464. The molecule has 0 amide bonds. The molecule has 10 atom stereocenters. The number of allylic oxidation sites excluding steroid dienone is 1. The van der Waals surface area contributed by atoms with Crippen LogP contribution in [0.25, 0.3) is 0 Å². The number of carboxylic acids is 1. The van der Waals surface area contributed by atoms with E-state index in [9.17, 15) is 24.9 Å². The first-order valence-corrected chi connectivity index (χ1v) is 13.9. The van der Waals surface area contributed by atoms with E-state index in [-0.39, 0.29) is 40.4 Å². The van der Waals surface area contributed by atoms with Crippen molar-refractivity contribution in [3.05, 3.63) is 11.6 Å². The lowest BCUT2D eigenvalue weighted by molar-refractivity contribution is -0.210. The van der Waals surface area contributed by atoms with Crippen molar-refractivity contribution in [3.63, 3.8) is 0 Å². The fourth-order valence-corrected chi connectivity index (χ4v) is 10.9. The van der Waals surface area contributed by atoms with Gasteiger partial charge in [-0.15, -0.1) is 0 Å². The minimum absolute atomic E-state index is 0.0462. The van der Waals surface area contributed by atoms with Crippen LogP contribution in [0.3, 0.4) is 0 Å². The van der Waals surface area contributed by atoms with Crippen molar-refractivity contribution in [2.24, 2.45) is 56.7 Å². The SMILES string of the molecule is CC(C)[C@@H]1C[C@@H](O)[C@H]2[C@@]1(C(=O)O)CC[C@@]1(C)[C@H]3C(=CC[C@]21C)[C@@]1(C)CCC(=O)C(C)(C)[C@H]1C[C@@H]3O. The molecule has 196 valence electrons. The number of Topliss-reactive ketones (excluding diaryl/α,β-unsaturated/α-hetero) is 1. The molecule has 0 saturated heterocycles. The predicted molar refractivity (Wildman–Crippen MR) is 134 cm³/mol. The van der Waals surface area contributed by atoms with Gasteiger partial charge in [0.2, 0.25) is 0 Å². The first-order valence-electron chi connectivity index (χ1n) is 13.9. The van der Waals surface area contributed by atoms with E-state index < -0.39 is 34.4 Å².